The van der Waals surface area contributed by atoms with Crippen molar-refractivity contribution in [1.82, 2.24) is 9.88 Å². The monoisotopic (exact) mass is 348 g/mol. The predicted molar refractivity (Wildman–Crippen MR) is 86.5 cm³/mol. The van der Waals surface area contributed by atoms with E-state index in [1.54, 1.807) is 23.4 Å². The molecule has 1 amide bonds. The smallest absolute Gasteiger partial charge is 0.227 e. The van der Waals surface area contributed by atoms with Crippen LogP contribution < -0.4 is 0 Å². The standard InChI is InChI=1S/C17H17FN2O3S/c18-14-3-5-15(6-4-14)24(22,23)16-7-9-20(12-16)17(21)10-13-2-1-8-19-11-13/h1-6,8,11,16H,7,9-10,12H2/t16-/m0/s1. The van der Waals surface area contributed by atoms with Crippen molar-refractivity contribution in [3.8, 4) is 0 Å². The molecule has 0 radical (unpaired) electrons. The highest BCUT2D eigenvalue weighted by molar-refractivity contribution is 7.92. The van der Waals surface area contributed by atoms with Crippen molar-refractivity contribution in [3.63, 3.8) is 0 Å². The molecular formula is C17H17FN2O3S. The number of pyridine rings is 1. The molecule has 1 aromatic heterocycles. The summed E-state index contributed by atoms with van der Waals surface area (Å²) in [4.78, 5) is 18.0. The van der Waals surface area contributed by atoms with Crippen molar-refractivity contribution in [2.24, 2.45) is 0 Å². The van der Waals surface area contributed by atoms with Gasteiger partial charge in [0.15, 0.2) is 9.84 Å². The number of hydrogen-bond acceptors (Lipinski definition) is 4. The number of hydrogen-bond donors (Lipinski definition) is 0. The first-order valence-corrected chi connectivity index (χ1v) is 9.17. The number of carbonyl (C=O) groups excluding carboxylic acids is 1. The molecular weight excluding hydrogens is 331 g/mol. The quantitative estimate of drug-likeness (QED) is 0.791. The van der Waals surface area contributed by atoms with E-state index in [0.29, 0.717) is 13.0 Å². The van der Waals surface area contributed by atoms with Gasteiger partial charge in [0.2, 0.25) is 5.91 Å². The molecule has 0 aliphatic carbocycles. The van der Waals surface area contributed by atoms with E-state index in [4.69, 9.17) is 0 Å². The first-order chi connectivity index (χ1) is 11.5. The van der Waals surface area contributed by atoms with Crippen molar-refractivity contribution >= 4 is 15.7 Å². The maximum Gasteiger partial charge on any atom is 0.227 e. The Balaban J connectivity index is 1.68. The lowest BCUT2D eigenvalue weighted by Gasteiger charge is -2.17. The molecule has 1 aliphatic heterocycles. The van der Waals surface area contributed by atoms with Crippen molar-refractivity contribution in [3.05, 3.63) is 60.2 Å². The maximum atomic E-state index is 13.0. The highest BCUT2D eigenvalue weighted by Crippen LogP contribution is 2.24. The Labute approximate surface area is 140 Å². The number of carbonyl (C=O) groups is 1. The zero-order valence-corrected chi connectivity index (χ0v) is 13.7. The van der Waals surface area contributed by atoms with E-state index in [1.165, 1.54) is 12.1 Å². The minimum Gasteiger partial charge on any atom is -0.341 e. The summed E-state index contributed by atoms with van der Waals surface area (Å²) in [5.41, 5.74) is 0.798. The number of rotatable bonds is 4. The summed E-state index contributed by atoms with van der Waals surface area (Å²) in [5.74, 6) is -0.589. The molecule has 5 nitrogen and oxygen atoms in total. The first kappa shape index (κ1) is 16.6. The lowest BCUT2D eigenvalue weighted by molar-refractivity contribution is -0.129. The third-order valence-corrected chi connectivity index (χ3v) is 6.35. The summed E-state index contributed by atoms with van der Waals surface area (Å²) in [5, 5.41) is -0.652. The fourth-order valence-corrected chi connectivity index (χ4v) is 4.51. The minimum atomic E-state index is -3.57. The Hall–Kier alpha value is -2.28. The third-order valence-electron chi connectivity index (χ3n) is 4.16. The van der Waals surface area contributed by atoms with Gasteiger partial charge in [0.05, 0.1) is 16.6 Å². The van der Waals surface area contributed by atoms with Gasteiger partial charge < -0.3 is 4.90 Å². The second-order valence-electron chi connectivity index (χ2n) is 5.79. The summed E-state index contributed by atoms with van der Waals surface area (Å²) >= 11 is 0. The van der Waals surface area contributed by atoms with Gasteiger partial charge in [-0.3, -0.25) is 9.78 Å². The molecule has 1 atom stereocenters. The molecule has 0 N–H and O–H groups in total. The van der Waals surface area contributed by atoms with Gasteiger partial charge in [-0.1, -0.05) is 6.07 Å². The van der Waals surface area contributed by atoms with Crippen LogP contribution >= 0.6 is 0 Å². The fraction of sp³-hybridized carbons (Fsp3) is 0.294. The Morgan fingerprint density at radius 2 is 2.00 bits per heavy atom. The molecule has 7 heteroatoms. The third kappa shape index (κ3) is 3.46. The van der Waals surface area contributed by atoms with Crippen molar-refractivity contribution in [2.45, 2.75) is 23.0 Å². The van der Waals surface area contributed by atoms with Crippen LogP contribution in [0.5, 0.6) is 0 Å². The van der Waals surface area contributed by atoms with Crippen LogP contribution in [-0.4, -0.2) is 42.5 Å². The average molecular weight is 348 g/mol. The Morgan fingerprint density at radius 1 is 1.25 bits per heavy atom. The van der Waals surface area contributed by atoms with Gasteiger partial charge in [0, 0.05) is 25.5 Å². The molecule has 3 rings (SSSR count). The van der Waals surface area contributed by atoms with Gasteiger partial charge in [-0.05, 0) is 42.3 Å². The fourth-order valence-electron chi connectivity index (χ4n) is 2.81. The first-order valence-electron chi connectivity index (χ1n) is 7.63. The zero-order valence-electron chi connectivity index (χ0n) is 12.9. The molecule has 0 spiro atoms. The number of benzene rings is 1. The zero-order chi connectivity index (χ0) is 17.2. The second kappa shape index (κ2) is 6.68. The molecule has 1 aromatic carbocycles. The van der Waals surface area contributed by atoms with Gasteiger partial charge in [0.1, 0.15) is 5.82 Å². The average Bonchev–Trinajstić information content (AvgIpc) is 3.07. The Kier molecular flexibility index (Phi) is 4.62. The minimum absolute atomic E-state index is 0.0930. The molecule has 0 unspecified atom stereocenters. The van der Waals surface area contributed by atoms with Crippen LogP contribution in [0.1, 0.15) is 12.0 Å². The van der Waals surface area contributed by atoms with Crippen LogP contribution in [-0.2, 0) is 21.1 Å². The molecule has 2 heterocycles. The van der Waals surface area contributed by atoms with Crippen LogP contribution in [0.15, 0.2) is 53.7 Å². The molecule has 24 heavy (non-hydrogen) atoms. The van der Waals surface area contributed by atoms with Gasteiger partial charge in [-0.2, -0.15) is 0 Å². The van der Waals surface area contributed by atoms with Crippen LogP contribution in [0, 0.1) is 5.82 Å². The van der Waals surface area contributed by atoms with Gasteiger partial charge in [0.25, 0.3) is 0 Å². The van der Waals surface area contributed by atoms with Crippen molar-refractivity contribution in [2.75, 3.05) is 13.1 Å². The van der Waals surface area contributed by atoms with Crippen LogP contribution in [0.4, 0.5) is 4.39 Å². The van der Waals surface area contributed by atoms with Crippen LogP contribution in [0.25, 0.3) is 0 Å². The maximum absolute atomic E-state index is 13.0. The summed E-state index contributed by atoms with van der Waals surface area (Å²) < 4.78 is 38.2. The number of nitrogens with zero attached hydrogens (tertiary/aromatic N) is 2. The number of sulfone groups is 1. The van der Waals surface area contributed by atoms with E-state index in [0.717, 1.165) is 17.7 Å². The predicted octanol–water partition coefficient (Wildman–Crippen LogP) is 1.84. The van der Waals surface area contributed by atoms with E-state index < -0.39 is 20.9 Å². The number of likely N-dealkylation sites (tertiary alicyclic amines) is 1. The lowest BCUT2D eigenvalue weighted by atomic mass is 10.2. The van der Waals surface area contributed by atoms with E-state index in [9.17, 15) is 17.6 Å². The summed E-state index contributed by atoms with van der Waals surface area (Å²) in [6.45, 7) is 0.572. The highest BCUT2D eigenvalue weighted by atomic mass is 32.2. The molecule has 1 saturated heterocycles. The lowest BCUT2D eigenvalue weighted by Crippen LogP contribution is -2.33. The molecule has 126 valence electrons. The topological polar surface area (TPSA) is 67.3 Å². The van der Waals surface area contributed by atoms with Gasteiger partial charge in [-0.25, -0.2) is 12.8 Å². The number of aromatic nitrogens is 1. The summed E-state index contributed by atoms with van der Waals surface area (Å²) in [6, 6.07) is 8.37. The Morgan fingerprint density at radius 3 is 2.67 bits per heavy atom. The van der Waals surface area contributed by atoms with Gasteiger partial charge in [-0.15, -0.1) is 0 Å². The largest absolute Gasteiger partial charge is 0.341 e. The number of halogens is 1. The summed E-state index contributed by atoms with van der Waals surface area (Å²) in [7, 11) is -3.57. The molecule has 2 aromatic rings. The highest BCUT2D eigenvalue weighted by Gasteiger charge is 2.36. The normalized spacial score (nSPS) is 17.9. The number of amides is 1. The van der Waals surface area contributed by atoms with Crippen molar-refractivity contribution < 1.29 is 17.6 Å². The molecule has 0 saturated carbocycles. The molecule has 0 bridgehead atoms. The van der Waals surface area contributed by atoms with E-state index in [-0.39, 0.29) is 23.8 Å². The summed E-state index contributed by atoms with van der Waals surface area (Å²) in [6.07, 6.45) is 3.85. The van der Waals surface area contributed by atoms with Gasteiger partial charge >= 0.3 is 0 Å². The van der Waals surface area contributed by atoms with Crippen molar-refractivity contribution in [1.29, 1.82) is 0 Å². The Bertz CT molecular complexity index is 823. The van der Waals surface area contributed by atoms with E-state index >= 15 is 0 Å². The van der Waals surface area contributed by atoms with E-state index in [1.807, 2.05) is 6.07 Å². The SMILES string of the molecule is O=C(Cc1cccnc1)N1CC[C@H](S(=O)(=O)c2ccc(F)cc2)C1. The second-order valence-corrected chi connectivity index (χ2v) is 8.02. The van der Waals surface area contributed by atoms with E-state index in [2.05, 4.69) is 4.98 Å². The van der Waals surface area contributed by atoms with Crippen LogP contribution in [0.3, 0.4) is 0 Å². The molecule has 1 aliphatic rings. The van der Waals surface area contributed by atoms with Crippen LogP contribution in [0.2, 0.25) is 0 Å². The molecule has 1 fully saturated rings.